The Hall–Kier alpha value is -0.220. The lowest BCUT2D eigenvalue weighted by Gasteiger charge is -2.15. The predicted octanol–water partition coefficient (Wildman–Crippen LogP) is 0.593. The first-order chi connectivity index (χ1) is 5.74. The Kier molecular flexibility index (Phi) is 7.29. The number of nitrogens with two attached hydrogens (primary N) is 1. The van der Waals surface area contributed by atoms with Gasteiger partial charge >= 0.3 is 0 Å². The zero-order chi connectivity index (χ0) is 9.40. The molecule has 0 heterocycles. The van der Waals surface area contributed by atoms with E-state index < -0.39 is 0 Å². The minimum Gasteiger partial charge on any atom is -0.352 e. The zero-order valence-electron chi connectivity index (χ0n) is 7.80. The molecule has 0 radical (unpaired) electrons. The lowest BCUT2D eigenvalue weighted by Crippen LogP contribution is -2.38. The van der Waals surface area contributed by atoms with Crippen molar-refractivity contribution >= 4 is 17.7 Å². The van der Waals surface area contributed by atoms with E-state index in [0.717, 1.165) is 18.6 Å². The van der Waals surface area contributed by atoms with Crippen LogP contribution < -0.4 is 11.1 Å². The molecule has 4 heteroatoms. The number of carbonyl (C=O) groups is 1. The van der Waals surface area contributed by atoms with E-state index in [0.29, 0.717) is 6.04 Å². The number of thioether (sulfide) groups is 1. The maximum atomic E-state index is 10.9. The lowest BCUT2D eigenvalue weighted by molar-refractivity contribution is -0.120. The molecule has 0 aromatic carbocycles. The van der Waals surface area contributed by atoms with E-state index >= 15 is 0 Å². The number of hydrogen-bond acceptors (Lipinski definition) is 3. The van der Waals surface area contributed by atoms with Gasteiger partial charge in [0.15, 0.2) is 0 Å². The van der Waals surface area contributed by atoms with E-state index in [1.807, 2.05) is 0 Å². The van der Waals surface area contributed by atoms with Crippen molar-refractivity contribution in [2.45, 2.75) is 25.8 Å². The van der Waals surface area contributed by atoms with Gasteiger partial charge in [-0.15, -0.1) is 0 Å². The molecule has 0 aliphatic heterocycles. The quantitative estimate of drug-likeness (QED) is 0.644. The van der Waals surface area contributed by atoms with E-state index in [9.17, 15) is 4.79 Å². The molecule has 1 atom stereocenters. The van der Waals surface area contributed by atoms with Crippen LogP contribution in [0.2, 0.25) is 0 Å². The lowest BCUT2D eigenvalue weighted by atomic mass is 10.2. The van der Waals surface area contributed by atoms with Gasteiger partial charge in [-0.1, -0.05) is 6.92 Å². The van der Waals surface area contributed by atoms with Gasteiger partial charge in [0.1, 0.15) is 0 Å². The third kappa shape index (κ3) is 5.43. The summed E-state index contributed by atoms with van der Waals surface area (Å²) in [5.74, 6) is 1.03. The number of rotatable bonds is 6. The topological polar surface area (TPSA) is 55.1 Å². The molecule has 0 aromatic rings. The molecule has 3 nitrogen and oxygen atoms in total. The second-order valence-electron chi connectivity index (χ2n) is 2.66. The summed E-state index contributed by atoms with van der Waals surface area (Å²) in [4.78, 5) is 10.9. The van der Waals surface area contributed by atoms with E-state index in [-0.39, 0.29) is 12.5 Å². The molecule has 3 N–H and O–H groups in total. The number of amides is 1. The van der Waals surface area contributed by atoms with Crippen molar-refractivity contribution in [3.05, 3.63) is 0 Å². The molecular weight excluding hydrogens is 172 g/mol. The Bertz CT molecular complexity index is 130. The molecule has 0 bridgehead atoms. The second-order valence-corrected chi connectivity index (χ2v) is 3.64. The van der Waals surface area contributed by atoms with Crippen LogP contribution in [-0.4, -0.2) is 30.5 Å². The van der Waals surface area contributed by atoms with Gasteiger partial charge in [0, 0.05) is 6.04 Å². The van der Waals surface area contributed by atoms with Crippen LogP contribution in [0.15, 0.2) is 0 Å². The summed E-state index contributed by atoms with van der Waals surface area (Å²) in [5.41, 5.74) is 5.19. The fourth-order valence-corrected chi connectivity index (χ4v) is 1.45. The summed E-state index contributed by atoms with van der Waals surface area (Å²) in [5, 5.41) is 2.87. The molecule has 0 aliphatic carbocycles. The summed E-state index contributed by atoms with van der Waals surface area (Å²) >= 11 is 1.80. The van der Waals surface area contributed by atoms with Crippen molar-refractivity contribution in [2.75, 3.05) is 18.6 Å². The molecule has 72 valence electrons. The summed E-state index contributed by atoms with van der Waals surface area (Å²) in [6.45, 7) is 2.16. The van der Waals surface area contributed by atoms with E-state index in [2.05, 4.69) is 18.5 Å². The van der Waals surface area contributed by atoms with Crippen molar-refractivity contribution in [2.24, 2.45) is 5.73 Å². The highest BCUT2D eigenvalue weighted by molar-refractivity contribution is 7.98. The van der Waals surface area contributed by atoms with Crippen LogP contribution in [0.25, 0.3) is 0 Å². The number of carbonyl (C=O) groups excluding carboxylic acids is 1. The highest BCUT2D eigenvalue weighted by Crippen LogP contribution is 2.03. The Balaban J connectivity index is 3.59. The molecule has 0 saturated carbocycles. The second kappa shape index (κ2) is 7.43. The van der Waals surface area contributed by atoms with Crippen molar-refractivity contribution in [1.29, 1.82) is 0 Å². The highest BCUT2D eigenvalue weighted by Gasteiger charge is 2.07. The van der Waals surface area contributed by atoms with Gasteiger partial charge in [0.05, 0.1) is 6.54 Å². The predicted molar refractivity (Wildman–Crippen MR) is 54.3 cm³/mol. The maximum absolute atomic E-state index is 10.9. The molecule has 0 rings (SSSR count). The maximum Gasteiger partial charge on any atom is 0.233 e. The molecule has 0 aliphatic rings. The van der Waals surface area contributed by atoms with Crippen LogP contribution >= 0.6 is 11.8 Å². The van der Waals surface area contributed by atoms with Crippen LogP contribution in [0, 0.1) is 0 Å². The fourth-order valence-electron chi connectivity index (χ4n) is 0.925. The van der Waals surface area contributed by atoms with Crippen LogP contribution in [0.1, 0.15) is 19.8 Å². The third-order valence-corrected chi connectivity index (χ3v) is 2.36. The molecule has 12 heavy (non-hydrogen) atoms. The van der Waals surface area contributed by atoms with E-state index in [1.54, 1.807) is 11.8 Å². The van der Waals surface area contributed by atoms with Crippen molar-refractivity contribution in [3.63, 3.8) is 0 Å². The average molecular weight is 190 g/mol. The molecule has 1 amide bonds. The number of nitrogens with one attached hydrogen (secondary N) is 1. The molecular formula is C8H18N2OS. The van der Waals surface area contributed by atoms with Crippen molar-refractivity contribution in [1.82, 2.24) is 5.32 Å². The normalized spacial score (nSPS) is 12.6. The minimum absolute atomic E-state index is 0.0528. The third-order valence-electron chi connectivity index (χ3n) is 1.71. The standard InChI is InChI=1S/C8H18N2OS/c1-3-7(4-5-12-2)10-8(11)6-9/h7H,3-6,9H2,1-2H3,(H,10,11). The summed E-state index contributed by atoms with van der Waals surface area (Å²) < 4.78 is 0. The zero-order valence-corrected chi connectivity index (χ0v) is 8.62. The van der Waals surface area contributed by atoms with Crippen molar-refractivity contribution in [3.8, 4) is 0 Å². The largest absolute Gasteiger partial charge is 0.352 e. The van der Waals surface area contributed by atoms with E-state index in [4.69, 9.17) is 5.73 Å². The van der Waals surface area contributed by atoms with Crippen LogP contribution in [0.4, 0.5) is 0 Å². The molecule has 1 unspecified atom stereocenters. The summed E-state index contributed by atoms with van der Waals surface area (Å²) in [7, 11) is 0. The number of hydrogen-bond donors (Lipinski definition) is 2. The first kappa shape index (κ1) is 11.8. The van der Waals surface area contributed by atoms with Gasteiger partial charge in [-0.25, -0.2) is 0 Å². The van der Waals surface area contributed by atoms with Gasteiger partial charge in [-0.2, -0.15) is 11.8 Å². The van der Waals surface area contributed by atoms with Gasteiger partial charge < -0.3 is 11.1 Å². The molecule has 0 spiro atoms. The van der Waals surface area contributed by atoms with Gasteiger partial charge in [-0.05, 0) is 24.9 Å². The molecule has 0 aromatic heterocycles. The average Bonchev–Trinajstić information content (AvgIpc) is 2.11. The smallest absolute Gasteiger partial charge is 0.233 e. The summed E-state index contributed by atoms with van der Waals surface area (Å²) in [6, 6.07) is 0.300. The monoisotopic (exact) mass is 190 g/mol. The summed E-state index contributed by atoms with van der Waals surface area (Å²) in [6.07, 6.45) is 4.08. The SMILES string of the molecule is CCC(CCSC)NC(=O)CN. The Morgan fingerprint density at radius 2 is 2.33 bits per heavy atom. The minimum atomic E-state index is -0.0528. The van der Waals surface area contributed by atoms with Gasteiger partial charge in [0.25, 0.3) is 0 Å². The molecule has 0 saturated heterocycles. The first-order valence-corrected chi connectivity index (χ1v) is 5.62. The van der Waals surface area contributed by atoms with Crippen molar-refractivity contribution < 1.29 is 4.79 Å². The Labute approximate surface area is 78.5 Å². The first-order valence-electron chi connectivity index (χ1n) is 4.23. The highest BCUT2D eigenvalue weighted by atomic mass is 32.2. The Morgan fingerprint density at radius 1 is 1.67 bits per heavy atom. The fraction of sp³-hybridized carbons (Fsp3) is 0.875. The van der Waals surface area contributed by atoms with Crippen LogP contribution in [-0.2, 0) is 4.79 Å². The Morgan fingerprint density at radius 3 is 2.75 bits per heavy atom. The van der Waals surface area contributed by atoms with Crippen LogP contribution in [0.5, 0.6) is 0 Å². The van der Waals surface area contributed by atoms with Crippen LogP contribution in [0.3, 0.4) is 0 Å². The molecule has 0 fully saturated rings. The van der Waals surface area contributed by atoms with Gasteiger partial charge in [-0.3, -0.25) is 4.79 Å². The van der Waals surface area contributed by atoms with E-state index in [1.165, 1.54) is 0 Å². The van der Waals surface area contributed by atoms with Gasteiger partial charge in [0.2, 0.25) is 5.91 Å².